The van der Waals surface area contributed by atoms with Crippen molar-refractivity contribution in [2.75, 3.05) is 19.5 Å². The third-order valence-electron chi connectivity index (χ3n) is 5.51. The summed E-state index contributed by atoms with van der Waals surface area (Å²) in [7, 11) is -0.875. The number of hydrogen-bond acceptors (Lipinski definition) is 5. The zero-order valence-corrected chi connectivity index (χ0v) is 18.6. The highest BCUT2D eigenvalue weighted by molar-refractivity contribution is 7.89. The number of methoxy groups -OCH3 is 2. The first-order valence-electron chi connectivity index (χ1n) is 10.1. The molecule has 0 radical (unpaired) electrons. The Hall–Kier alpha value is -3.36. The topological polar surface area (TPSA) is 84.9 Å². The summed E-state index contributed by atoms with van der Waals surface area (Å²) in [4.78, 5) is 13.4. The van der Waals surface area contributed by atoms with E-state index in [0.29, 0.717) is 17.2 Å². The van der Waals surface area contributed by atoms with Gasteiger partial charge < -0.3 is 14.8 Å². The van der Waals surface area contributed by atoms with Crippen molar-refractivity contribution in [3.63, 3.8) is 0 Å². The smallest absolute Gasteiger partial charge is 0.244 e. The van der Waals surface area contributed by atoms with Crippen molar-refractivity contribution in [3.8, 4) is 11.5 Å². The fraction of sp³-hybridized carbons (Fsp3) is 0.208. The van der Waals surface area contributed by atoms with Crippen LogP contribution < -0.4 is 14.8 Å². The molecule has 1 unspecified atom stereocenters. The van der Waals surface area contributed by atoms with Crippen LogP contribution in [0.3, 0.4) is 0 Å². The summed E-state index contributed by atoms with van der Waals surface area (Å²) < 4.78 is 38.7. The molecule has 1 aliphatic heterocycles. The zero-order valence-electron chi connectivity index (χ0n) is 17.8. The molecule has 0 fully saturated rings. The lowest BCUT2D eigenvalue weighted by molar-refractivity contribution is -0.120. The second kappa shape index (κ2) is 9.02. The average Bonchev–Trinajstić information content (AvgIpc) is 2.83. The van der Waals surface area contributed by atoms with Crippen molar-refractivity contribution < 1.29 is 22.7 Å². The van der Waals surface area contributed by atoms with E-state index in [-0.39, 0.29) is 17.9 Å². The average molecular weight is 453 g/mol. The molecule has 0 bridgehead atoms. The minimum absolute atomic E-state index is 0.108. The van der Waals surface area contributed by atoms with Gasteiger partial charge in [-0.3, -0.25) is 4.79 Å². The van der Waals surface area contributed by atoms with Gasteiger partial charge in [0.15, 0.2) is 0 Å². The van der Waals surface area contributed by atoms with E-state index in [1.54, 1.807) is 43.5 Å². The quantitative estimate of drug-likeness (QED) is 0.619. The summed E-state index contributed by atoms with van der Waals surface area (Å²) in [5, 5.41) is 2.84. The SMILES string of the molecule is COc1ccc(S(=O)(=O)N2Cc3ccccc3CC2C(=O)Nc2cccc(OC)c2)cc1. The van der Waals surface area contributed by atoms with Crippen LogP contribution in [0, 0.1) is 0 Å². The molecule has 1 heterocycles. The molecule has 166 valence electrons. The summed E-state index contributed by atoms with van der Waals surface area (Å²) in [6.45, 7) is 0.112. The molecule has 8 heteroatoms. The Bertz CT molecular complexity index is 1230. The van der Waals surface area contributed by atoms with Crippen LogP contribution in [0.4, 0.5) is 5.69 Å². The molecule has 1 atom stereocenters. The first-order chi connectivity index (χ1) is 15.4. The van der Waals surface area contributed by atoms with E-state index in [1.165, 1.54) is 23.5 Å². The van der Waals surface area contributed by atoms with Gasteiger partial charge in [-0.1, -0.05) is 30.3 Å². The highest BCUT2D eigenvalue weighted by Gasteiger charge is 2.39. The van der Waals surface area contributed by atoms with Gasteiger partial charge >= 0.3 is 0 Å². The molecule has 32 heavy (non-hydrogen) atoms. The van der Waals surface area contributed by atoms with E-state index in [9.17, 15) is 13.2 Å². The number of benzene rings is 3. The first kappa shape index (κ1) is 21.9. The molecule has 3 aromatic rings. The Kier molecular flexibility index (Phi) is 6.16. The molecular weight excluding hydrogens is 428 g/mol. The van der Waals surface area contributed by atoms with Crippen molar-refractivity contribution in [1.29, 1.82) is 0 Å². The Morgan fingerprint density at radius 2 is 1.59 bits per heavy atom. The van der Waals surface area contributed by atoms with Crippen LogP contribution >= 0.6 is 0 Å². The van der Waals surface area contributed by atoms with Gasteiger partial charge in [0.05, 0.1) is 19.1 Å². The number of amides is 1. The van der Waals surface area contributed by atoms with Crippen molar-refractivity contribution in [1.82, 2.24) is 4.31 Å². The molecule has 0 spiro atoms. The molecule has 7 nitrogen and oxygen atoms in total. The van der Waals surface area contributed by atoms with E-state index in [0.717, 1.165) is 11.1 Å². The van der Waals surface area contributed by atoms with E-state index < -0.39 is 22.0 Å². The molecule has 1 amide bonds. The molecule has 0 saturated heterocycles. The van der Waals surface area contributed by atoms with E-state index in [4.69, 9.17) is 9.47 Å². The Labute approximate surface area is 187 Å². The van der Waals surface area contributed by atoms with Gasteiger partial charge in [0.25, 0.3) is 0 Å². The summed E-state index contributed by atoms with van der Waals surface area (Å²) in [6.07, 6.45) is 0.279. The van der Waals surface area contributed by atoms with Crippen LogP contribution in [-0.4, -0.2) is 38.9 Å². The van der Waals surface area contributed by atoms with Crippen LogP contribution in [0.1, 0.15) is 11.1 Å². The van der Waals surface area contributed by atoms with Gasteiger partial charge in [-0.15, -0.1) is 0 Å². The van der Waals surface area contributed by atoms with Gasteiger partial charge in [0.2, 0.25) is 15.9 Å². The highest BCUT2D eigenvalue weighted by Crippen LogP contribution is 2.30. The fourth-order valence-corrected chi connectivity index (χ4v) is 5.35. The number of nitrogens with one attached hydrogen (secondary N) is 1. The molecule has 3 aromatic carbocycles. The van der Waals surface area contributed by atoms with Crippen LogP contribution in [0.15, 0.2) is 77.7 Å². The summed E-state index contributed by atoms with van der Waals surface area (Å²) in [5.74, 6) is 0.754. The lowest BCUT2D eigenvalue weighted by Crippen LogP contribution is -2.50. The number of nitrogens with zero attached hydrogens (tertiary/aromatic N) is 1. The number of ether oxygens (including phenoxy) is 2. The Morgan fingerprint density at radius 3 is 2.28 bits per heavy atom. The molecular formula is C24H24N2O5S. The summed E-state index contributed by atoms with van der Waals surface area (Å²) in [6, 6.07) is 19.8. The van der Waals surface area contributed by atoms with E-state index >= 15 is 0 Å². The monoisotopic (exact) mass is 452 g/mol. The Morgan fingerprint density at radius 1 is 0.906 bits per heavy atom. The second-order valence-corrected chi connectivity index (χ2v) is 9.33. The molecule has 1 N–H and O–H groups in total. The third kappa shape index (κ3) is 4.32. The lowest BCUT2D eigenvalue weighted by atomic mass is 9.95. The number of anilines is 1. The Balaban J connectivity index is 1.69. The van der Waals surface area contributed by atoms with Crippen LogP contribution in [0.25, 0.3) is 0 Å². The molecule has 4 rings (SSSR count). The minimum Gasteiger partial charge on any atom is -0.497 e. The highest BCUT2D eigenvalue weighted by atomic mass is 32.2. The predicted molar refractivity (Wildman–Crippen MR) is 121 cm³/mol. The number of fused-ring (bicyclic) bond motifs is 1. The third-order valence-corrected chi connectivity index (χ3v) is 7.38. The first-order valence-corrected chi connectivity index (χ1v) is 11.5. The maximum atomic E-state index is 13.5. The van der Waals surface area contributed by atoms with Gasteiger partial charge in [-0.2, -0.15) is 4.31 Å². The van der Waals surface area contributed by atoms with E-state index in [1.807, 2.05) is 24.3 Å². The van der Waals surface area contributed by atoms with Crippen molar-refractivity contribution in [3.05, 3.63) is 83.9 Å². The van der Waals surface area contributed by atoms with Gasteiger partial charge in [0, 0.05) is 18.3 Å². The van der Waals surface area contributed by atoms with E-state index in [2.05, 4.69) is 5.32 Å². The van der Waals surface area contributed by atoms with Crippen molar-refractivity contribution >= 4 is 21.6 Å². The normalized spacial score (nSPS) is 16.1. The van der Waals surface area contributed by atoms with Crippen LogP contribution in [0.5, 0.6) is 11.5 Å². The summed E-state index contributed by atoms with van der Waals surface area (Å²) >= 11 is 0. The zero-order chi connectivity index (χ0) is 22.7. The number of carbonyl (C=O) groups is 1. The molecule has 0 aliphatic carbocycles. The number of hydrogen-bond donors (Lipinski definition) is 1. The van der Waals surface area contributed by atoms with Crippen molar-refractivity contribution in [2.45, 2.75) is 23.9 Å². The minimum atomic E-state index is -3.94. The van der Waals surface area contributed by atoms with Crippen molar-refractivity contribution in [2.24, 2.45) is 0 Å². The number of rotatable bonds is 6. The fourth-order valence-electron chi connectivity index (χ4n) is 3.78. The maximum absolute atomic E-state index is 13.5. The molecule has 1 aliphatic rings. The molecule has 0 saturated carbocycles. The van der Waals surface area contributed by atoms with Gasteiger partial charge in [0.1, 0.15) is 17.5 Å². The van der Waals surface area contributed by atoms with Crippen LogP contribution in [-0.2, 0) is 27.8 Å². The second-order valence-electron chi connectivity index (χ2n) is 7.44. The number of carbonyl (C=O) groups excluding carboxylic acids is 1. The van der Waals surface area contributed by atoms with Gasteiger partial charge in [-0.05, 0) is 53.9 Å². The number of sulfonamides is 1. The maximum Gasteiger partial charge on any atom is 0.244 e. The lowest BCUT2D eigenvalue weighted by Gasteiger charge is -2.35. The molecule has 0 aromatic heterocycles. The van der Waals surface area contributed by atoms with Crippen LogP contribution in [0.2, 0.25) is 0 Å². The summed E-state index contributed by atoms with van der Waals surface area (Å²) in [5.41, 5.74) is 2.38. The largest absolute Gasteiger partial charge is 0.497 e. The standard InChI is InChI=1S/C24H24N2O5S/c1-30-20-10-12-22(13-11-20)32(28,29)26-16-18-7-4-3-6-17(18)14-23(26)24(27)25-19-8-5-9-21(15-19)31-2/h3-13,15,23H,14,16H2,1-2H3,(H,25,27). The predicted octanol–water partition coefficient (Wildman–Crippen LogP) is 3.46. The van der Waals surface area contributed by atoms with Gasteiger partial charge in [-0.25, -0.2) is 8.42 Å².